The molecule has 1 amide bonds. The number of nitrogens with zero attached hydrogens (tertiary/aromatic N) is 1. The molecule has 1 aromatic rings. The van der Waals surface area contributed by atoms with Crippen LogP contribution in [0.25, 0.3) is 0 Å². The summed E-state index contributed by atoms with van der Waals surface area (Å²) in [5.74, 6) is 0.400. The van der Waals surface area contributed by atoms with E-state index >= 15 is 0 Å². The van der Waals surface area contributed by atoms with E-state index < -0.39 is 0 Å². The summed E-state index contributed by atoms with van der Waals surface area (Å²) in [4.78, 5) is 13.1. The zero-order valence-electron chi connectivity index (χ0n) is 9.32. The molecule has 0 bridgehead atoms. The Hall–Kier alpha value is -1.03. The standard InChI is InChI=1S/C12H16FNOS/c1-14(12(15)6-8-16)7-5-10-3-2-4-11(13)9-10/h2-4,9,16H,5-8H2,1H3. The molecule has 0 heterocycles. The number of hydrogen-bond acceptors (Lipinski definition) is 2. The number of hydrogen-bond donors (Lipinski definition) is 1. The molecular formula is C12H16FNOS. The highest BCUT2D eigenvalue weighted by atomic mass is 32.1. The van der Waals surface area contributed by atoms with E-state index in [4.69, 9.17) is 0 Å². The van der Waals surface area contributed by atoms with Gasteiger partial charge >= 0.3 is 0 Å². The van der Waals surface area contributed by atoms with Crippen molar-refractivity contribution < 1.29 is 9.18 Å². The Morgan fingerprint density at radius 1 is 1.50 bits per heavy atom. The number of thiol groups is 1. The fourth-order valence-corrected chi connectivity index (χ4v) is 1.59. The van der Waals surface area contributed by atoms with Gasteiger partial charge in [0.05, 0.1) is 0 Å². The molecule has 16 heavy (non-hydrogen) atoms. The summed E-state index contributed by atoms with van der Waals surface area (Å²) in [6.07, 6.45) is 1.12. The lowest BCUT2D eigenvalue weighted by molar-refractivity contribution is -0.129. The highest BCUT2D eigenvalue weighted by Gasteiger charge is 2.07. The molecule has 0 spiro atoms. The van der Waals surface area contributed by atoms with Gasteiger partial charge in [0.25, 0.3) is 0 Å². The zero-order valence-corrected chi connectivity index (χ0v) is 10.2. The van der Waals surface area contributed by atoms with Gasteiger partial charge in [0.1, 0.15) is 5.82 Å². The van der Waals surface area contributed by atoms with Crippen LogP contribution in [-0.2, 0) is 11.2 Å². The largest absolute Gasteiger partial charge is 0.345 e. The maximum atomic E-state index is 12.9. The molecule has 1 aromatic carbocycles. The van der Waals surface area contributed by atoms with E-state index in [0.29, 0.717) is 25.1 Å². The number of rotatable bonds is 5. The van der Waals surface area contributed by atoms with Gasteiger partial charge in [0.2, 0.25) is 5.91 Å². The first-order chi connectivity index (χ1) is 7.63. The Morgan fingerprint density at radius 3 is 2.88 bits per heavy atom. The molecule has 0 saturated carbocycles. The van der Waals surface area contributed by atoms with Gasteiger partial charge in [-0.3, -0.25) is 4.79 Å². The van der Waals surface area contributed by atoms with Crippen LogP contribution in [0.5, 0.6) is 0 Å². The minimum Gasteiger partial charge on any atom is -0.345 e. The topological polar surface area (TPSA) is 20.3 Å². The van der Waals surface area contributed by atoms with Crippen molar-refractivity contribution in [3.8, 4) is 0 Å². The first-order valence-corrected chi connectivity index (χ1v) is 5.86. The molecule has 0 aromatic heterocycles. The Kier molecular flexibility index (Phi) is 5.32. The molecule has 0 aliphatic carbocycles. The van der Waals surface area contributed by atoms with E-state index in [1.165, 1.54) is 12.1 Å². The van der Waals surface area contributed by atoms with Gasteiger partial charge in [-0.15, -0.1) is 0 Å². The highest BCUT2D eigenvalue weighted by Crippen LogP contribution is 2.05. The van der Waals surface area contributed by atoms with Crippen LogP contribution >= 0.6 is 12.6 Å². The lowest BCUT2D eigenvalue weighted by Crippen LogP contribution is -2.28. The van der Waals surface area contributed by atoms with Crippen LogP contribution in [0.1, 0.15) is 12.0 Å². The summed E-state index contributed by atoms with van der Waals surface area (Å²) < 4.78 is 12.9. The first kappa shape index (κ1) is 13.0. The number of halogens is 1. The molecule has 0 saturated heterocycles. The predicted octanol–water partition coefficient (Wildman–Crippen LogP) is 2.15. The Bertz CT molecular complexity index is 357. The lowest BCUT2D eigenvalue weighted by Gasteiger charge is -2.16. The minimum absolute atomic E-state index is 0.0754. The molecule has 0 radical (unpaired) electrons. The second kappa shape index (κ2) is 6.53. The van der Waals surface area contributed by atoms with Gasteiger partial charge in [-0.25, -0.2) is 4.39 Å². The molecule has 0 fully saturated rings. The van der Waals surface area contributed by atoms with Crippen LogP contribution in [0.3, 0.4) is 0 Å². The summed E-state index contributed by atoms with van der Waals surface area (Å²) in [5.41, 5.74) is 0.908. The van der Waals surface area contributed by atoms with Crippen LogP contribution in [0.4, 0.5) is 4.39 Å². The van der Waals surface area contributed by atoms with Crippen molar-refractivity contribution in [2.45, 2.75) is 12.8 Å². The molecule has 0 atom stereocenters. The zero-order chi connectivity index (χ0) is 12.0. The van der Waals surface area contributed by atoms with Crippen LogP contribution in [0.15, 0.2) is 24.3 Å². The van der Waals surface area contributed by atoms with Gasteiger partial charge in [-0.2, -0.15) is 12.6 Å². The number of carbonyl (C=O) groups is 1. The number of carbonyl (C=O) groups excluding carboxylic acids is 1. The summed E-state index contributed by atoms with van der Waals surface area (Å²) in [5, 5.41) is 0. The molecule has 0 aliphatic rings. The maximum absolute atomic E-state index is 12.9. The fraction of sp³-hybridized carbons (Fsp3) is 0.417. The van der Waals surface area contributed by atoms with Crippen LogP contribution < -0.4 is 0 Å². The third kappa shape index (κ3) is 4.23. The van der Waals surface area contributed by atoms with Gasteiger partial charge in [0.15, 0.2) is 0 Å². The fourth-order valence-electron chi connectivity index (χ4n) is 1.40. The van der Waals surface area contributed by atoms with Gasteiger partial charge in [-0.1, -0.05) is 12.1 Å². The van der Waals surface area contributed by atoms with Crippen molar-refractivity contribution in [2.24, 2.45) is 0 Å². The first-order valence-electron chi connectivity index (χ1n) is 5.22. The summed E-state index contributed by atoms with van der Waals surface area (Å²) in [6.45, 7) is 0.607. The predicted molar refractivity (Wildman–Crippen MR) is 66.2 cm³/mol. The van der Waals surface area contributed by atoms with Gasteiger partial charge in [-0.05, 0) is 29.9 Å². The highest BCUT2D eigenvalue weighted by molar-refractivity contribution is 7.80. The van der Waals surface area contributed by atoms with Crippen molar-refractivity contribution in [3.05, 3.63) is 35.6 Å². The molecular weight excluding hydrogens is 225 g/mol. The van der Waals surface area contributed by atoms with Crippen molar-refractivity contribution in [3.63, 3.8) is 0 Å². The number of likely N-dealkylation sites (N-methyl/N-ethyl adjacent to an activating group) is 1. The van der Waals surface area contributed by atoms with Gasteiger partial charge < -0.3 is 4.90 Å². The number of benzene rings is 1. The van der Waals surface area contributed by atoms with Crippen LogP contribution in [-0.4, -0.2) is 30.2 Å². The monoisotopic (exact) mass is 241 g/mol. The SMILES string of the molecule is CN(CCc1cccc(F)c1)C(=O)CCS. The third-order valence-corrected chi connectivity index (χ3v) is 2.60. The molecule has 0 N–H and O–H groups in total. The minimum atomic E-state index is -0.234. The van der Waals surface area contributed by atoms with Crippen molar-refractivity contribution >= 4 is 18.5 Å². The lowest BCUT2D eigenvalue weighted by atomic mass is 10.1. The molecule has 1 rings (SSSR count). The third-order valence-electron chi connectivity index (χ3n) is 2.38. The molecule has 0 aliphatic heterocycles. The average Bonchev–Trinajstić information content (AvgIpc) is 2.26. The molecule has 88 valence electrons. The average molecular weight is 241 g/mol. The van der Waals surface area contributed by atoms with E-state index in [1.54, 1.807) is 18.0 Å². The van der Waals surface area contributed by atoms with Crippen molar-refractivity contribution in [1.82, 2.24) is 4.90 Å². The van der Waals surface area contributed by atoms with E-state index in [-0.39, 0.29) is 11.7 Å². The Labute approximate surface area is 101 Å². The Balaban J connectivity index is 2.42. The Morgan fingerprint density at radius 2 is 2.25 bits per heavy atom. The van der Waals surface area contributed by atoms with Gasteiger partial charge in [0, 0.05) is 20.0 Å². The molecule has 0 unspecified atom stereocenters. The molecule has 2 nitrogen and oxygen atoms in total. The second-order valence-electron chi connectivity index (χ2n) is 3.67. The normalized spacial score (nSPS) is 10.2. The van der Waals surface area contributed by atoms with E-state index in [1.807, 2.05) is 6.07 Å². The molecule has 4 heteroatoms. The van der Waals surface area contributed by atoms with E-state index in [9.17, 15) is 9.18 Å². The quantitative estimate of drug-likeness (QED) is 0.783. The summed E-state index contributed by atoms with van der Waals surface area (Å²) in [7, 11) is 1.76. The van der Waals surface area contributed by atoms with E-state index in [2.05, 4.69) is 12.6 Å². The summed E-state index contributed by atoms with van der Waals surface area (Å²) >= 11 is 4.01. The van der Waals surface area contributed by atoms with Crippen LogP contribution in [0.2, 0.25) is 0 Å². The van der Waals surface area contributed by atoms with Crippen molar-refractivity contribution in [1.29, 1.82) is 0 Å². The van der Waals surface area contributed by atoms with Crippen molar-refractivity contribution in [2.75, 3.05) is 19.3 Å². The second-order valence-corrected chi connectivity index (χ2v) is 4.12. The summed E-state index contributed by atoms with van der Waals surface area (Å²) in [6, 6.07) is 6.45. The smallest absolute Gasteiger partial charge is 0.223 e. The van der Waals surface area contributed by atoms with E-state index in [0.717, 1.165) is 5.56 Å². The maximum Gasteiger partial charge on any atom is 0.223 e. The number of amides is 1. The van der Waals surface area contributed by atoms with Crippen LogP contribution in [0, 0.1) is 5.82 Å².